The minimum absolute atomic E-state index is 0.0985. The number of aryl methyl sites for hydroxylation is 1. The maximum atomic E-state index is 13.5. The molecule has 0 aliphatic carbocycles. The maximum Gasteiger partial charge on any atom is 0.274 e. The van der Waals surface area contributed by atoms with E-state index in [-0.39, 0.29) is 18.1 Å². The predicted molar refractivity (Wildman–Crippen MR) is 82.1 cm³/mol. The predicted octanol–water partition coefficient (Wildman–Crippen LogP) is 3.78. The van der Waals surface area contributed by atoms with Crippen molar-refractivity contribution in [2.24, 2.45) is 0 Å². The van der Waals surface area contributed by atoms with Crippen LogP contribution in [0, 0.1) is 12.7 Å². The Hall–Kier alpha value is -2.47. The smallest absolute Gasteiger partial charge is 0.274 e. The van der Waals surface area contributed by atoms with Crippen LogP contribution in [0.3, 0.4) is 0 Å². The molecule has 22 heavy (non-hydrogen) atoms. The molecule has 0 bridgehead atoms. The second kappa shape index (κ2) is 6.11. The first-order chi connectivity index (χ1) is 10.6. The molecule has 1 aromatic carbocycles. The number of aromatic nitrogens is 1. The van der Waals surface area contributed by atoms with Crippen molar-refractivity contribution in [1.82, 2.24) is 10.3 Å². The molecule has 1 N–H and O–H groups in total. The molecule has 0 aliphatic heterocycles. The van der Waals surface area contributed by atoms with Gasteiger partial charge in [0.25, 0.3) is 5.91 Å². The van der Waals surface area contributed by atoms with Crippen LogP contribution in [0.2, 0.25) is 0 Å². The van der Waals surface area contributed by atoms with Crippen LogP contribution in [-0.2, 0) is 6.54 Å². The molecule has 1 amide bonds. The van der Waals surface area contributed by atoms with Crippen molar-refractivity contribution < 1.29 is 13.6 Å². The molecule has 2 aromatic heterocycles. The highest BCUT2D eigenvalue weighted by atomic mass is 32.1. The van der Waals surface area contributed by atoms with E-state index in [1.807, 2.05) is 19.1 Å². The lowest BCUT2D eigenvalue weighted by molar-refractivity contribution is 0.0946. The minimum Gasteiger partial charge on any atom is -0.442 e. The molecule has 0 saturated heterocycles. The van der Waals surface area contributed by atoms with Gasteiger partial charge in [-0.1, -0.05) is 18.2 Å². The summed E-state index contributed by atoms with van der Waals surface area (Å²) in [5, 5.41) is 2.66. The van der Waals surface area contributed by atoms with Crippen LogP contribution < -0.4 is 5.32 Å². The average Bonchev–Trinajstić information content (AvgIpc) is 3.14. The summed E-state index contributed by atoms with van der Waals surface area (Å²) < 4.78 is 18.9. The van der Waals surface area contributed by atoms with Gasteiger partial charge in [-0.25, -0.2) is 9.37 Å². The van der Waals surface area contributed by atoms with E-state index in [4.69, 9.17) is 4.42 Å². The molecule has 6 heteroatoms. The van der Waals surface area contributed by atoms with Gasteiger partial charge in [0.05, 0.1) is 4.88 Å². The van der Waals surface area contributed by atoms with E-state index in [9.17, 15) is 9.18 Å². The molecule has 4 nitrogen and oxygen atoms in total. The van der Waals surface area contributed by atoms with Crippen molar-refractivity contribution in [1.29, 1.82) is 0 Å². The van der Waals surface area contributed by atoms with Gasteiger partial charge in [0, 0.05) is 17.0 Å². The Morgan fingerprint density at radius 3 is 2.86 bits per heavy atom. The SMILES string of the molecule is Cc1ccc(-c2ocnc2C(=O)NCc2ccccc2F)s1. The number of amides is 1. The third-order valence-electron chi connectivity index (χ3n) is 3.14. The monoisotopic (exact) mass is 316 g/mol. The average molecular weight is 316 g/mol. The first-order valence-corrected chi connectivity index (χ1v) is 7.48. The van der Waals surface area contributed by atoms with Crippen molar-refractivity contribution in [2.45, 2.75) is 13.5 Å². The third kappa shape index (κ3) is 2.92. The van der Waals surface area contributed by atoms with Crippen molar-refractivity contribution in [3.63, 3.8) is 0 Å². The molecular formula is C16H13FN2O2S. The molecule has 0 saturated carbocycles. The van der Waals surface area contributed by atoms with Crippen LogP contribution in [-0.4, -0.2) is 10.9 Å². The number of hydrogen-bond donors (Lipinski definition) is 1. The van der Waals surface area contributed by atoms with Gasteiger partial charge >= 0.3 is 0 Å². The molecule has 2 heterocycles. The second-order valence-electron chi connectivity index (χ2n) is 4.71. The zero-order valence-electron chi connectivity index (χ0n) is 11.8. The molecule has 3 aromatic rings. The van der Waals surface area contributed by atoms with Crippen LogP contribution in [0.25, 0.3) is 10.6 Å². The molecule has 0 fully saturated rings. The van der Waals surface area contributed by atoms with Gasteiger partial charge in [-0.2, -0.15) is 0 Å². The van der Waals surface area contributed by atoms with Gasteiger partial charge in [0.2, 0.25) is 0 Å². The van der Waals surface area contributed by atoms with E-state index < -0.39 is 5.91 Å². The lowest BCUT2D eigenvalue weighted by Gasteiger charge is -2.05. The largest absolute Gasteiger partial charge is 0.442 e. The molecule has 0 unspecified atom stereocenters. The molecular weight excluding hydrogens is 303 g/mol. The normalized spacial score (nSPS) is 10.6. The summed E-state index contributed by atoms with van der Waals surface area (Å²) in [6.07, 6.45) is 1.24. The van der Waals surface area contributed by atoms with E-state index in [1.54, 1.807) is 18.2 Å². The van der Waals surface area contributed by atoms with Crippen LogP contribution >= 0.6 is 11.3 Å². The highest BCUT2D eigenvalue weighted by Gasteiger charge is 2.19. The summed E-state index contributed by atoms with van der Waals surface area (Å²) in [5.74, 6) is -0.306. The van der Waals surface area contributed by atoms with Gasteiger partial charge in [0.1, 0.15) is 5.82 Å². The number of oxazole rings is 1. The zero-order chi connectivity index (χ0) is 15.5. The Morgan fingerprint density at radius 1 is 1.32 bits per heavy atom. The van der Waals surface area contributed by atoms with E-state index >= 15 is 0 Å². The fourth-order valence-electron chi connectivity index (χ4n) is 2.04. The summed E-state index contributed by atoms with van der Waals surface area (Å²) in [4.78, 5) is 18.2. The number of rotatable bonds is 4. The lowest BCUT2D eigenvalue weighted by atomic mass is 10.2. The molecule has 0 radical (unpaired) electrons. The summed E-state index contributed by atoms with van der Waals surface area (Å²) >= 11 is 1.52. The Balaban J connectivity index is 1.76. The molecule has 3 rings (SSSR count). The van der Waals surface area contributed by atoms with E-state index in [0.717, 1.165) is 9.75 Å². The van der Waals surface area contributed by atoms with Crippen molar-refractivity contribution in [3.8, 4) is 10.6 Å². The van der Waals surface area contributed by atoms with Crippen LogP contribution in [0.15, 0.2) is 47.2 Å². The van der Waals surface area contributed by atoms with E-state index in [0.29, 0.717) is 11.3 Å². The van der Waals surface area contributed by atoms with Gasteiger partial charge in [-0.15, -0.1) is 11.3 Å². The van der Waals surface area contributed by atoms with Gasteiger partial charge in [-0.05, 0) is 25.1 Å². The summed E-state index contributed by atoms with van der Waals surface area (Å²) in [7, 11) is 0. The number of nitrogens with zero attached hydrogens (tertiary/aromatic N) is 1. The standard InChI is InChI=1S/C16H13FN2O2S/c1-10-6-7-13(22-10)15-14(19-9-21-15)16(20)18-8-11-4-2-3-5-12(11)17/h2-7,9H,8H2,1H3,(H,18,20). The highest BCUT2D eigenvalue weighted by molar-refractivity contribution is 7.15. The first-order valence-electron chi connectivity index (χ1n) is 6.67. The number of halogens is 1. The fraction of sp³-hybridized carbons (Fsp3) is 0.125. The van der Waals surface area contributed by atoms with Crippen LogP contribution in [0.4, 0.5) is 4.39 Å². The zero-order valence-corrected chi connectivity index (χ0v) is 12.6. The van der Waals surface area contributed by atoms with Gasteiger partial charge in [-0.3, -0.25) is 4.79 Å². The molecule has 0 spiro atoms. The number of nitrogens with one attached hydrogen (secondary N) is 1. The lowest BCUT2D eigenvalue weighted by Crippen LogP contribution is -2.24. The summed E-state index contributed by atoms with van der Waals surface area (Å²) in [5.41, 5.74) is 0.631. The Morgan fingerprint density at radius 2 is 2.14 bits per heavy atom. The third-order valence-corrected chi connectivity index (χ3v) is 4.14. The maximum absolute atomic E-state index is 13.5. The van der Waals surface area contributed by atoms with E-state index in [1.165, 1.54) is 23.8 Å². The van der Waals surface area contributed by atoms with Crippen molar-refractivity contribution >= 4 is 17.2 Å². The van der Waals surface area contributed by atoms with Gasteiger partial charge < -0.3 is 9.73 Å². The number of hydrogen-bond acceptors (Lipinski definition) is 4. The summed E-state index contributed by atoms with van der Waals surface area (Å²) in [6, 6.07) is 10.1. The fourth-order valence-corrected chi connectivity index (χ4v) is 2.90. The number of benzene rings is 1. The second-order valence-corrected chi connectivity index (χ2v) is 6.00. The van der Waals surface area contributed by atoms with Gasteiger partial charge in [0.15, 0.2) is 17.8 Å². The van der Waals surface area contributed by atoms with Crippen LogP contribution in [0.1, 0.15) is 20.9 Å². The highest BCUT2D eigenvalue weighted by Crippen LogP contribution is 2.30. The quantitative estimate of drug-likeness (QED) is 0.797. The Kier molecular flexibility index (Phi) is 4.02. The molecule has 0 atom stereocenters. The topological polar surface area (TPSA) is 55.1 Å². The Labute approximate surface area is 130 Å². The van der Waals surface area contributed by atoms with E-state index in [2.05, 4.69) is 10.3 Å². The number of thiophene rings is 1. The molecule has 0 aliphatic rings. The minimum atomic E-state index is -0.391. The van der Waals surface area contributed by atoms with Crippen molar-refractivity contribution in [3.05, 3.63) is 64.7 Å². The number of carbonyl (C=O) groups is 1. The van der Waals surface area contributed by atoms with Crippen LogP contribution in [0.5, 0.6) is 0 Å². The first kappa shape index (κ1) is 14.5. The number of carbonyl (C=O) groups excluding carboxylic acids is 1. The molecule has 112 valence electrons. The van der Waals surface area contributed by atoms with Crippen molar-refractivity contribution in [2.75, 3.05) is 0 Å². The Bertz CT molecular complexity index is 810. The summed E-state index contributed by atoms with van der Waals surface area (Å²) in [6.45, 7) is 2.07.